The zero-order chi connectivity index (χ0) is 14.3. The molecule has 1 aromatic heterocycles. The number of nitrogens with one attached hydrogen (secondary N) is 1. The first-order valence-corrected chi connectivity index (χ1v) is 7.16. The monoisotopic (exact) mass is 295 g/mol. The van der Waals surface area contributed by atoms with Crippen molar-refractivity contribution in [2.75, 3.05) is 0 Å². The van der Waals surface area contributed by atoms with E-state index in [0.717, 1.165) is 18.4 Å². The molecule has 1 fully saturated rings. The Bertz CT molecular complexity index is 666. The molecule has 1 atom stereocenters. The van der Waals surface area contributed by atoms with Crippen LogP contribution in [0.25, 0.3) is 11.0 Å². The second-order valence-corrected chi connectivity index (χ2v) is 5.39. The number of hydrogen-bond donors (Lipinski definition) is 1. The Morgan fingerprint density at radius 1 is 1.60 bits per heavy atom. The summed E-state index contributed by atoms with van der Waals surface area (Å²) in [5, 5.41) is 2.96. The summed E-state index contributed by atoms with van der Waals surface area (Å²) in [6, 6.07) is 4.24. The molecule has 1 amide bonds. The molecule has 0 saturated heterocycles. The molecule has 1 heterocycles. The highest BCUT2D eigenvalue weighted by Crippen LogP contribution is 2.25. The van der Waals surface area contributed by atoms with E-state index in [4.69, 9.17) is 11.6 Å². The van der Waals surface area contributed by atoms with E-state index in [-0.39, 0.29) is 17.6 Å². The van der Waals surface area contributed by atoms with Crippen molar-refractivity contribution in [2.24, 2.45) is 0 Å². The van der Waals surface area contributed by atoms with Gasteiger partial charge in [0.15, 0.2) is 0 Å². The Kier molecular flexibility index (Phi) is 3.38. The fourth-order valence-corrected chi connectivity index (χ4v) is 2.50. The molecule has 1 unspecified atom stereocenters. The van der Waals surface area contributed by atoms with Crippen molar-refractivity contribution in [1.82, 2.24) is 14.9 Å². The molecule has 6 heteroatoms. The number of rotatable bonds is 4. The van der Waals surface area contributed by atoms with E-state index in [1.807, 2.05) is 0 Å². The summed E-state index contributed by atoms with van der Waals surface area (Å²) in [5.41, 5.74) is 1.24. The van der Waals surface area contributed by atoms with Gasteiger partial charge in [-0.25, -0.2) is 9.37 Å². The molecule has 20 heavy (non-hydrogen) atoms. The number of imidazole rings is 1. The van der Waals surface area contributed by atoms with Crippen LogP contribution in [-0.2, 0) is 10.7 Å². The molecule has 3 rings (SSSR count). The van der Waals surface area contributed by atoms with E-state index in [1.165, 1.54) is 12.1 Å². The average Bonchev–Trinajstić information content (AvgIpc) is 3.16. The first kappa shape index (κ1) is 13.4. The number of benzene rings is 1. The van der Waals surface area contributed by atoms with E-state index >= 15 is 0 Å². The average molecular weight is 296 g/mol. The molecule has 2 aromatic rings. The SMILES string of the molecule is CC(C(=O)NC1CC1)n1c(CCl)nc2cc(F)ccc21. The van der Waals surface area contributed by atoms with Crippen molar-refractivity contribution in [1.29, 1.82) is 0 Å². The zero-order valence-corrected chi connectivity index (χ0v) is 11.8. The van der Waals surface area contributed by atoms with Gasteiger partial charge in [-0.15, -0.1) is 11.6 Å². The van der Waals surface area contributed by atoms with E-state index in [9.17, 15) is 9.18 Å². The predicted molar refractivity (Wildman–Crippen MR) is 75.1 cm³/mol. The van der Waals surface area contributed by atoms with Crippen LogP contribution in [-0.4, -0.2) is 21.5 Å². The smallest absolute Gasteiger partial charge is 0.243 e. The lowest BCUT2D eigenvalue weighted by Gasteiger charge is -2.16. The molecule has 106 valence electrons. The van der Waals surface area contributed by atoms with Crippen LogP contribution in [0.2, 0.25) is 0 Å². The third-order valence-corrected chi connectivity index (χ3v) is 3.77. The van der Waals surface area contributed by atoms with Crippen LogP contribution in [0, 0.1) is 5.82 Å². The number of carbonyl (C=O) groups is 1. The van der Waals surface area contributed by atoms with Crippen molar-refractivity contribution in [3.05, 3.63) is 29.8 Å². The number of aromatic nitrogens is 2. The Morgan fingerprint density at radius 3 is 3.00 bits per heavy atom. The minimum Gasteiger partial charge on any atom is -0.352 e. The molecular formula is C14H15ClFN3O. The van der Waals surface area contributed by atoms with Crippen LogP contribution >= 0.6 is 11.6 Å². The van der Waals surface area contributed by atoms with Crippen LogP contribution in [0.4, 0.5) is 4.39 Å². The summed E-state index contributed by atoms with van der Waals surface area (Å²) < 4.78 is 15.0. The highest BCUT2D eigenvalue weighted by Gasteiger charge is 2.28. The van der Waals surface area contributed by atoms with Crippen molar-refractivity contribution in [2.45, 2.75) is 37.7 Å². The second kappa shape index (κ2) is 5.05. The quantitative estimate of drug-likeness (QED) is 0.882. The van der Waals surface area contributed by atoms with E-state index in [1.54, 1.807) is 17.6 Å². The van der Waals surface area contributed by atoms with Crippen molar-refractivity contribution in [3.63, 3.8) is 0 Å². The Labute approximate surface area is 120 Å². The topological polar surface area (TPSA) is 46.9 Å². The molecule has 1 N–H and O–H groups in total. The molecule has 1 aliphatic carbocycles. The van der Waals surface area contributed by atoms with E-state index < -0.39 is 6.04 Å². The Balaban J connectivity index is 2.01. The molecular weight excluding hydrogens is 281 g/mol. The van der Waals surface area contributed by atoms with Crippen LogP contribution in [0.3, 0.4) is 0 Å². The van der Waals surface area contributed by atoms with Gasteiger partial charge in [0.05, 0.1) is 16.9 Å². The molecule has 0 spiro atoms. The lowest BCUT2D eigenvalue weighted by Crippen LogP contribution is -2.33. The van der Waals surface area contributed by atoms with Gasteiger partial charge in [0.2, 0.25) is 5.91 Å². The number of alkyl halides is 1. The van der Waals surface area contributed by atoms with Gasteiger partial charge in [0.25, 0.3) is 0 Å². The van der Waals surface area contributed by atoms with Gasteiger partial charge in [0, 0.05) is 12.1 Å². The third kappa shape index (κ3) is 2.38. The Hall–Kier alpha value is -1.62. The summed E-state index contributed by atoms with van der Waals surface area (Å²) in [4.78, 5) is 16.5. The Morgan fingerprint density at radius 2 is 2.35 bits per heavy atom. The minimum absolute atomic E-state index is 0.0532. The van der Waals surface area contributed by atoms with Crippen LogP contribution in [0.1, 0.15) is 31.6 Å². The normalized spacial score (nSPS) is 16.4. The fourth-order valence-electron chi connectivity index (χ4n) is 2.31. The van der Waals surface area contributed by atoms with Gasteiger partial charge in [-0.3, -0.25) is 4.79 Å². The summed E-state index contributed by atoms with van der Waals surface area (Å²) in [6.07, 6.45) is 2.08. The first-order valence-electron chi connectivity index (χ1n) is 6.63. The van der Waals surface area contributed by atoms with Crippen LogP contribution in [0.5, 0.6) is 0 Å². The zero-order valence-electron chi connectivity index (χ0n) is 11.1. The van der Waals surface area contributed by atoms with Crippen molar-refractivity contribution in [3.8, 4) is 0 Å². The number of fused-ring (bicyclic) bond motifs is 1. The van der Waals surface area contributed by atoms with Crippen LogP contribution < -0.4 is 5.32 Å². The largest absolute Gasteiger partial charge is 0.352 e. The lowest BCUT2D eigenvalue weighted by molar-refractivity contribution is -0.123. The maximum Gasteiger partial charge on any atom is 0.243 e. The number of halogens is 2. The van der Waals surface area contributed by atoms with Gasteiger partial charge in [-0.1, -0.05) is 0 Å². The molecule has 1 saturated carbocycles. The molecule has 4 nitrogen and oxygen atoms in total. The fraction of sp³-hybridized carbons (Fsp3) is 0.429. The van der Waals surface area contributed by atoms with Gasteiger partial charge in [-0.2, -0.15) is 0 Å². The van der Waals surface area contributed by atoms with Gasteiger partial charge >= 0.3 is 0 Å². The highest BCUT2D eigenvalue weighted by molar-refractivity contribution is 6.17. The second-order valence-electron chi connectivity index (χ2n) is 5.12. The van der Waals surface area contributed by atoms with Crippen molar-refractivity contribution < 1.29 is 9.18 Å². The molecule has 1 aromatic carbocycles. The van der Waals surface area contributed by atoms with E-state index in [2.05, 4.69) is 10.3 Å². The van der Waals surface area contributed by atoms with Crippen molar-refractivity contribution >= 4 is 28.5 Å². The molecule has 0 radical (unpaired) electrons. The summed E-state index contributed by atoms with van der Waals surface area (Å²) in [7, 11) is 0. The van der Waals surface area contributed by atoms with Gasteiger partial charge in [-0.05, 0) is 31.9 Å². The predicted octanol–water partition coefficient (Wildman–Crippen LogP) is 2.75. The summed E-state index contributed by atoms with van der Waals surface area (Å²) in [5.74, 6) is 0.351. The molecule has 1 aliphatic rings. The van der Waals surface area contributed by atoms with Gasteiger partial charge < -0.3 is 9.88 Å². The maximum atomic E-state index is 13.3. The lowest BCUT2D eigenvalue weighted by atomic mass is 10.2. The van der Waals surface area contributed by atoms with Gasteiger partial charge in [0.1, 0.15) is 17.7 Å². The number of nitrogens with zero attached hydrogens (tertiary/aromatic N) is 2. The summed E-state index contributed by atoms with van der Waals surface area (Å²) in [6.45, 7) is 1.80. The number of carbonyl (C=O) groups excluding carboxylic acids is 1. The number of hydrogen-bond acceptors (Lipinski definition) is 2. The number of amides is 1. The maximum absolute atomic E-state index is 13.3. The summed E-state index contributed by atoms with van der Waals surface area (Å²) >= 11 is 5.90. The highest BCUT2D eigenvalue weighted by atomic mass is 35.5. The standard InChI is InChI=1S/C14H15ClFN3O/c1-8(14(20)17-10-3-4-10)19-12-5-2-9(16)6-11(12)18-13(19)7-15/h2,5-6,8,10H,3-4,7H2,1H3,(H,17,20). The first-order chi connectivity index (χ1) is 9.60. The molecule has 0 bridgehead atoms. The minimum atomic E-state index is -0.417. The molecule has 0 aliphatic heterocycles. The third-order valence-electron chi connectivity index (χ3n) is 3.53. The van der Waals surface area contributed by atoms with Crippen LogP contribution in [0.15, 0.2) is 18.2 Å². The van der Waals surface area contributed by atoms with E-state index in [0.29, 0.717) is 17.4 Å².